The molecule has 24 heavy (non-hydrogen) atoms. The summed E-state index contributed by atoms with van der Waals surface area (Å²) in [4.78, 5) is 14.8. The van der Waals surface area contributed by atoms with Crippen LogP contribution >= 0.6 is 23.4 Å². The molecule has 3 rings (SSSR count). The molecule has 1 N–H and O–H groups in total. The van der Waals surface area contributed by atoms with Crippen LogP contribution in [0.15, 0.2) is 18.2 Å². The quantitative estimate of drug-likeness (QED) is 0.833. The number of carbonyl (C=O) groups excluding carboxylic acids is 1. The van der Waals surface area contributed by atoms with Crippen LogP contribution in [0, 0.1) is 6.92 Å². The van der Waals surface area contributed by atoms with E-state index in [2.05, 4.69) is 10.2 Å². The number of thioether (sulfide) groups is 1. The van der Waals surface area contributed by atoms with E-state index in [1.54, 1.807) is 0 Å². The van der Waals surface area contributed by atoms with Gasteiger partial charge >= 0.3 is 0 Å². The van der Waals surface area contributed by atoms with E-state index >= 15 is 0 Å². The Morgan fingerprint density at radius 1 is 1.46 bits per heavy atom. The largest absolute Gasteiger partial charge is 0.377 e. The zero-order chi connectivity index (χ0) is 16.9. The normalized spacial score (nSPS) is 23.8. The minimum atomic E-state index is 0.0183. The van der Waals surface area contributed by atoms with Gasteiger partial charge in [-0.3, -0.25) is 9.69 Å². The van der Waals surface area contributed by atoms with Gasteiger partial charge in [0.2, 0.25) is 5.91 Å². The highest BCUT2D eigenvalue weighted by Crippen LogP contribution is 2.25. The Bertz CT molecular complexity index is 572. The first-order chi connectivity index (χ1) is 11.6. The van der Waals surface area contributed by atoms with Crippen LogP contribution in [0.25, 0.3) is 0 Å². The molecular formula is C18H25ClN2O2S. The number of rotatable bonds is 6. The van der Waals surface area contributed by atoms with Crippen LogP contribution in [-0.2, 0) is 9.53 Å². The van der Waals surface area contributed by atoms with E-state index in [0.29, 0.717) is 17.6 Å². The summed E-state index contributed by atoms with van der Waals surface area (Å²) in [7, 11) is 0. The van der Waals surface area contributed by atoms with Gasteiger partial charge in [0.1, 0.15) is 0 Å². The molecule has 6 heteroatoms. The molecule has 1 aromatic rings. The monoisotopic (exact) mass is 368 g/mol. The topological polar surface area (TPSA) is 41.6 Å². The van der Waals surface area contributed by atoms with Gasteiger partial charge in [0.25, 0.3) is 0 Å². The fourth-order valence-electron chi connectivity index (χ4n) is 3.26. The molecule has 0 unspecified atom stereocenters. The van der Waals surface area contributed by atoms with E-state index in [1.165, 1.54) is 5.75 Å². The van der Waals surface area contributed by atoms with Crippen LogP contribution < -0.4 is 5.32 Å². The molecule has 4 nitrogen and oxygen atoms in total. The summed E-state index contributed by atoms with van der Waals surface area (Å²) in [6, 6.07) is 6.11. The number of hydrogen-bond acceptors (Lipinski definition) is 4. The van der Waals surface area contributed by atoms with Crippen molar-refractivity contribution >= 4 is 35.0 Å². The van der Waals surface area contributed by atoms with E-state index < -0.39 is 0 Å². The second-order valence-corrected chi connectivity index (χ2v) is 8.15. The molecule has 0 aliphatic carbocycles. The second kappa shape index (κ2) is 8.56. The predicted octanol–water partition coefficient (Wildman–Crippen LogP) is 3.57. The number of hydrogen-bond donors (Lipinski definition) is 1. The van der Waals surface area contributed by atoms with Crippen molar-refractivity contribution in [3.63, 3.8) is 0 Å². The van der Waals surface area contributed by atoms with Crippen molar-refractivity contribution < 1.29 is 9.53 Å². The molecule has 0 bridgehead atoms. The number of amides is 1. The highest BCUT2D eigenvalue weighted by atomic mass is 35.5. The molecule has 1 aromatic carbocycles. The average Bonchev–Trinajstić information content (AvgIpc) is 3.23. The Kier molecular flexibility index (Phi) is 6.44. The number of benzene rings is 1. The Hall–Kier alpha value is -0.750. The van der Waals surface area contributed by atoms with Gasteiger partial charge in [0.15, 0.2) is 0 Å². The van der Waals surface area contributed by atoms with Gasteiger partial charge in [-0.1, -0.05) is 17.7 Å². The summed E-state index contributed by atoms with van der Waals surface area (Å²) in [6.45, 7) is 4.07. The molecule has 1 amide bonds. The number of nitrogens with zero attached hydrogens (tertiary/aromatic N) is 1. The fraction of sp³-hybridized carbons (Fsp3) is 0.611. The molecule has 2 aliphatic rings. The number of nitrogens with one attached hydrogen (secondary N) is 1. The van der Waals surface area contributed by atoms with Crippen molar-refractivity contribution in [3.8, 4) is 0 Å². The number of anilines is 1. The van der Waals surface area contributed by atoms with Crippen LogP contribution in [0.1, 0.15) is 24.8 Å². The molecule has 0 radical (unpaired) electrons. The van der Waals surface area contributed by atoms with Gasteiger partial charge in [-0.15, -0.1) is 0 Å². The van der Waals surface area contributed by atoms with Crippen molar-refractivity contribution in [1.82, 2.24) is 4.90 Å². The molecule has 2 fully saturated rings. The number of aryl methyl sites for hydroxylation is 1. The van der Waals surface area contributed by atoms with Crippen LogP contribution in [0.3, 0.4) is 0 Å². The summed E-state index contributed by atoms with van der Waals surface area (Å²) in [5.74, 6) is 2.31. The molecular weight excluding hydrogens is 344 g/mol. The van der Waals surface area contributed by atoms with Gasteiger partial charge in [-0.25, -0.2) is 0 Å². The maximum atomic E-state index is 12.5. The SMILES string of the molecule is Cc1ccc(NC(=O)CN(C[C@H]2CCCO2)[C@@H]2CCSC2)cc1Cl. The van der Waals surface area contributed by atoms with Gasteiger partial charge in [-0.2, -0.15) is 11.8 Å². The van der Waals surface area contributed by atoms with Crippen LogP contribution in [0.4, 0.5) is 5.69 Å². The van der Waals surface area contributed by atoms with E-state index in [9.17, 15) is 4.79 Å². The first-order valence-electron chi connectivity index (χ1n) is 8.61. The Labute approximate surface area is 153 Å². The van der Waals surface area contributed by atoms with Crippen molar-refractivity contribution in [1.29, 1.82) is 0 Å². The third kappa shape index (κ3) is 4.88. The van der Waals surface area contributed by atoms with Crippen LogP contribution in [0.5, 0.6) is 0 Å². The fourth-order valence-corrected chi connectivity index (χ4v) is 4.69. The first-order valence-corrected chi connectivity index (χ1v) is 10.1. The standard InChI is InChI=1S/C18H25ClN2O2S/c1-13-4-5-14(9-17(13)19)20-18(22)11-21(15-6-8-24-12-15)10-16-3-2-7-23-16/h4-5,9,15-16H,2-3,6-8,10-12H2,1H3,(H,20,22)/t15-,16-/m1/s1. The lowest BCUT2D eigenvalue weighted by Gasteiger charge is -2.29. The zero-order valence-electron chi connectivity index (χ0n) is 14.1. The van der Waals surface area contributed by atoms with Crippen molar-refractivity contribution in [2.24, 2.45) is 0 Å². The maximum absolute atomic E-state index is 12.5. The molecule has 0 saturated carbocycles. The minimum Gasteiger partial charge on any atom is -0.377 e. The summed E-state index contributed by atoms with van der Waals surface area (Å²) in [5.41, 5.74) is 1.77. The van der Waals surface area contributed by atoms with Crippen molar-refractivity contribution in [2.75, 3.05) is 36.5 Å². The lowest BCUT2D eigenvalue weighted by Crippen LogP contribution is -2.44. The van der Waals surface area contributed by atoms with Gasteiger partial charge < -0.3 is 10.1 Å². The van der Waals surface area contributed by atoms with E-state index in [0.717, 1.165) is 49.4 Å². The smallest absolute Gasteiger partial charge is 0.238 e. The van der Waals surface area contributed by atoms with E-state index in [-0.39, 0.29) is 12.0 Å². The second-order valence-electron chi connectivity index (χ2n) is 6.59. The molecule has 2 atom stereocenters. The molecule has 2 saturated heterocycles. The number of halogens is 1. The lowest BCUT2D eigenvalue weighted by molar-refractivity contribution is -0.118. The molecule has 2 heterocycles. The van der Waals surface area contributed by atoms with E-state index in [4.69, 9.17) is 16.3 Å². The molecule has 0 spiro atoms. The summed E-state index contributed by atoms with van der Waals surface area (Å²) >= 11 is 8.11. The van der Waals surface area contributed by atoms with Gasteiger partial charge in [0, 0.05) is 35.7 Å². The first kappa shape index (κ1) is 18.1. The third-order valence-corrected chi connectivity index (χ3v) is 6.24. The predicted molar refractivity (Wildman–Crippen MR) is 101 cm³/mol. The lowest BCUT2D eigenvalue weighted by atomic mass is 10.1. The minimum absolute atomic E-state index is 0.0183. The maximum Gasteiger partial charge on any atom is 0.238 e. The zero-order valence-corrected chi connectivity index (χ0v) is 15.7. The average molecular weight is 369 g/mol. The summed E-state index contributed by atoms with van der Waals surface area (Å²) in [6.07, 6.45) is 3.66. The van der Waals surface area contributed by atoms with Crippen molar-refractivity contribution in [3.05, 3.63) is 28.8 Å². The Morgan fingerprint density at radius 3 is 3.00 bits per heavy atom. The molecule has 0 aromatic heterocycles. The van der Waals surface area contributed by atoms with E-state index in [1.807, 2.05) is 36.9 Å². The Morgan fingerprint density at radius 2 is 2.33 bits per heavy atom. The molecule has 132 valence electrons. The van der Waals surface area contributed by atoms with Crippen LogP contribution in [-0.4, -0.2) is 54.2 Å². The number of ether oxygens (including phenoxy) is 1. The van der Waals surface area contributed by atoms with Crippen LogP contribution in [0.2, 0.25) is 5.02 Å². The summed E-state index contributed by atoms with van der Waals surface area (Å²) in [5, 5.41) is 3.65. The highest BCUT2D eigenvalue weighted by Gasteiger charge is 2.28. The van der Waals surface area contributed by atoms with Gasteiger partial charge in [-0.05, 0) is 49.6 Å². The van der Waals surface area contributed by atoms with Crippen molar-refractivity contribution in [2.45, 2.75) is 38.3 Å². The van der Waals surface area contributed by atoms with Gasteiger partial charge in [0.05, 0.1) is 12.6 Å². The third-order valence-electron chi connectivity index (χ3n) is 4.69. The Balaban J connectivity index is 1.59. The number of carbonyl (C=O) groups is 1. The molecule has 2 aliphatic heterocycles. The highest BCUT2D eigenvalue weighted by molar-refractivity contribution is 7.99. The summed E-state index contributed by atoms with van der Waals surface area (Å²) < 4.78 is 5.77.